The molecule has 3 aliphatic rings. The van der Waals surface area contributed by atoms with Crippen LogP contribution in [-0.2, 0) is 18.8 Å². The molecule has 6 nitrogen and oxygen atoms in total. The first-order valence-electron chi connectivity index (χ1n) is 21.1. The fraction of sp³-hybridized carbons (Fsp3) is 0.245. The summed E-state index contributed by atoms with van der Waals surface area (Å²) >= 11 is 0. The van der Waals surface area contributed by atoms with Crippen molar-refractivity contribution in [1.82, 2.24) is 0 Å². The Labute approximate surface area is 353 Å². The van der Waals surface area contributed by atoms with Crippen molar-refractivity contribution in [2.24, 2.45) is 17.8 Å². The fourth-order valence-corrected chi connectivity index (χ4v) is 14.8. The number of ether oxygens (including phenoxy) is 1. The van der Waals surface area contributed by atoms with Crippen molar-refractivity contribution in [3.05, 3.63) is 180 Å². The monoisotopic (exact) mass is 809 g/mol. The zero-order valence-corrected chi connectivity index (χ0v) is 35.5. The predicted molar refractivity (Wildman–Crippen MR) is 244 cm³/mol. The predicted octanol–water partition coefficient (Wildman–Crippen LogP) is 9.96. The highest BCUT2D eigenvalue weighted by molar-refractivity contribution is 6.99. The number of hydrogen-bond donors (Lipinski definition) is 1. The summed E-state index contributed by atoms with van der Waals surface area (Å²) in [5.74, 6) is -1.25. The number of phenols is 1. The standard InChI is InChI=1S/C53H51NO5Si/c1-53(2,3)60(41-22-12-6-13-23-41,42-24-14-7-15-25-42)59-34-39-33-45-50(52(57)54(51(45)56)40-20-10-5-11-21-40)46-35-58-48(49(39)46)31-29-37(36-18-8-4-9-19-36)32-38-28-30-47(55)44-27-17-16-26-43(38)44/h4-28,30,32,45-46,48,50,55H,29,31,33-35H2,1-3H3/b37-32-/t45-,46+,48-,50-/m1/s1. The van der Waals surface area contributed by atoms with Gasteiger partial charge in [-0.25, -0.2) is 0 Å². The minimum atomic E-state index is -2.94. The Hall–Kier alpha value is -5.86. The average Bonchev–Trinajstić information content (AvgIpc) is 3.81. The van der Waals surface area contributed by atoms with E-state index in [0.717, 1.165) is 38.6 Å². The van der Waals surface area contributed by atoms with Crippen LogP contribution in [-0.4, -0.2) is 44.6 Å². The first kappa shape index (κ1) is 39.6. The summed E-state index contributed by atoms with van der Waals surface area (Å²) in [4.78, 5) is 30.3. The van der Waals surface area contributed by atoms with E-state index in [-0.39, 0.29) is 34.6 Å². The molecule has 0 saturated carbocycles. The van der Waals surface area contributed by atoms with Gasteiger partial charge in [0.25, 0.3) is 8.32 Å². The molecule has 4 atom stereocenters. The molecule has 0 radical (unpaired) electrons. The molecule has 6 aromatic rings. The van der Waals surface area contributed by atoms with Gasteiger partial charge in [0.05, 0.1) is 36.8 Å². The first-order valence-corrected chi connectivity index (χ1v) is 23.0. The summed E-state index contributed by atoms with van der Waals surface area (Å²) < 4.78 is 14.4. The van der Waals surface area contributed by atoms with Gasteiger partial charge in [0.15, 0.2) is 0 Å². The zero-order valence-electron chi connectivity index (χ0n) is 34.5. The molecule has 2 amide bonds. The molecule has 7 heteroatoms. The van der Waals surface area contributed by atoms with E-state index in [1.54, 1.807) is 6.07 Å². The molecule has 2 heterocycles. The van der Waals surface area contributed by atoms with E-state index < -0.39 is 20.2 Å². The Morgan fingerprint density at radius 2 is 1.32 bits per heavy atom. The Kier molecular flexibility index (Phi) is 10.8. The summed E-state index contributed by atoms with van der Waals surface area (Å²) in [6, 6.07) is 52.8. The van der Waals surface area contributed by atoms with E-state index in [4.69, 9.17) is 9.16 Å². The Balaban J connectivity index is 1.12. The lowest BCUT2D eigenvalue weighted by Gasteiger charge is -2.44. The van der Waals surface area contributed by atoms with E-state index in [1.165, 1.54) is 15.3 Å². The van der Waals surface area contributed by atoms with Gasteiger partial charge in [0, 0.05) is 11.3 Å². The van der Waals surface area contributed by atoms with Crippen LogP contribution in [0.15, 0.2) is 169 Å². The average molecular weight is 810 g/mol. The maximum absolute atomic E-state index is 14.5. The fourth-order valence-electron chi connectivity index (χ4n) is 10.3. The Morgan fingerprint density at radius 3 is 1.95 bits per heavy atom. The van der Waals surface area contributed by atoms with Crippen LogP contribution in [0.25, 0.3) is 22.4 Å². The third-order valence-electron chi connectivity index (χ3n) is 13.0. The topological polar surface area (TPSA) is 76.1 Å². The van der Waals surface area contributed by atoms with Gasteiger partial charge in [-0.3, -0.25) is 14.5 Å². The largest absolute Gasteiger partial charge is 0.507 e. The number of hydrogen-bond acceptors (Lipinski definition) is 5. The second-order valence-electron chi connectivity index (χ2n) is 17.4. The SMILES string of the molecule is CC(C)(C)[Si](OCC1=C2[C@@H](CC/C(=C/c3ccc(O)c4ccccc34)c3ccccc3)OC[C@@H]2[C@@H]2C(=O)N(c3ccccc3)C(=O)[C@@H]2C1)(c1ccccc1)c1ccccc1. The summed E-state index contributed by atoms with van der Waals surface area (Å²) in [5, 5.41) is 14.6. The molecule has 0 spiro atoms. The van der Waals surface area contributed by atoms with Crippen LogP contribution < -0.4 is 15.3 Å². The number of amides is 2. The molecular formula is C53H51NO5Si. The molecule has 0 bridgehead atoms. The van der Waals surface area contributed by atoms with E-state index in [9.17, 15) is 14.7 Å². The molecular weight excluding hydrogens is 759 g/mol. The molecule has 6 aromatic carbocycles. The number of nitrogens with zero attached hydrogens (tertiary/aromatic N) is 1. The van der Waals surface area contributed by atoms with Crippen LogP contribution in [0.1, 0.15) is 51.2 Å². The van der Waals surface area contributed by atoms with Crippen molar-refractivity contribution in [2.45, 2.75) is 51.2 Å². The number of aromatic hydroxyl groups is 1. The van der Waals surface area contributed by atoms with Crippen molar-refractivity contribution in [2.75, 3.05) is 18.1 Å². The van der Waals surface area contributed by atoms with Crippen molar-refractivity contribution < 1.29 is 23.9 Å². The molecule has 60 heavy (non-hydrogen) atoms. The molecule has 302 valence electrons. The number of rotatable bonds is 11. The van der Waals surface area contributed by atoms with Crippen molar-refractivity contribution in [3.63, 3.8) is 0 Å². The van der Waals surface area contributed by atoms with Crippen LogP contribution in [0.5, 0.6) is 5.75 Å². The van der Waals surface area contributed by atoms with Crippen LogP contribution in [0.3, 0.4) is 0 Å². The lowest BCUT2D eigenvalue weighted by atomic mass is 9.69. The Morgan fingerprint density at radius 1 is 0.733 bits per heavy atom. The molecule has 9 rings (SSSR count). The van der Waals surface area contributed by atoms with Gasteiger partial charge in [0.1, 0.15) is 5.75 Å². The van der Waals surface area contributed by atoms with Crippen LogP contribution in [0.2, 0.25) is 5.04 Å². The van der Waals surface area contributed by atoms with Gasteiger partial charge in [-0.1, -0.05) is 166 Å². The molecule has 2 aliphatic heterocycles. The summed E-state index contributed by atoms with van der Waals surface area (Å²) in [6.07, 6.45) is 3.82. The number of carbonyl (C=O) groups is 2. The number of phenolic OH excluding ortho intramolecular Hbond substituents is 1. The van der Waals surface area contributed by atoms with Gasteiger partial charge in [-0.2, -0.15) is 0 Å². The molecule has 0 unspecified atom stereocenters. The van der Waals surface area contributed by atoms with Gasteiger partial charge >= 0.3 is 0 Å². The number of allylic oxidation sites excluding steroid dienone is 1. The molecule has 0 aromatic heterocycles. The second kappa shape index (κ2) is 16.3. The normalized spacial score (nSPS) is 20.8. The highest BCUT2D eigenvalue weighted by Crippen LogP contribution is 2.51. The highest BCUT2D eigenvalue weighted by Gasteiger charge is 2.58. The van der Waals surface area contributed by atoms with E-state index >= 15 is 0 Å². The maximum Gasteiger partial charge on any atom is 0.261 e. The first-order chi connectivity index (χ1) is 29.2. The zero-order chi connectivity index (χ0) is 41.4. The van der Waals surface area contributed by atoms with Crippen molar-refractivity contribution >= 4 is 58.6 Å². The summed E-state index contributed by atoms with van der Waals surface area (Å²) in [7, 11) is -2.94. The van der Waals surface area contributed by atoms with Gasteiger partial charge in [-0.05, 0) is 86.1 Å². The highest BCUT2D eigenvalue weighted by atomic mass is 28.4. The third kappa shape index (κ3) is 7.04. The van der Waals surface area contributed by atoms with E-state index in [0.29, 0.717) is 38.2 Å². The van der Waals surface area contributed by atoms with Crippen molar-refractivity contribution in [1.29, 1.82) is 0 Å². The maximum atomic E-state index is 14.5. The minimum absolute atomic E-state index is 0.140. The smallest absolute Gasteiger partial charge is 0.261 e. The van der Waals surface area contributed by atoms with Crippen LogP contribution >= 0.6 is 0 Å². The van der Waals surface area contributed by atoms with Crippen LogP contribution in [0.4, 0.5) is 5.69 Å². The quantitative estimate of drug-likeness (QED) is 0.0611. The number of para-hydroxylation sites is 1. The van der Waals surface area contributed by atoms with Crippen molar-refractivity contribution in [3.8, 4) is 5.75 Å². The van der Waals surface area contributed by atoms with Crippen LogP contribution in [0, 0.1) is 17.8 Å². The number of fused-ring (bicyclic) bond motifs is 4. The van der Waals surface area contributed by atoms with E-state index in [2.05, 4.69) is 112 Å². The summed E-state index contributed by atoms with van der Waals surface area (Å²) in [6.45, 7) is 7.56. The second-order valence-corrected chi connectivity index (χ2v) is 21.7. The van der Waals surface area contributed by atoms with Gasteiger partial charge < -0.3 is 14.3 Å². The molecule has 2 saturated heterocycles. The molecule has 1 N–H and O–H groups in total. The lowest BCUT2D eigenvalue weighted by Crippen LogP contribution is -2.66. The lowest BCUT2D eigenvalue weighted by molar-refractivity contribution is -0.122. The number of carbonyl (C=O) groups excluding carboxylic acids is 2. The van der Waals surface area contributed by atoms with E-state index in [1.807, 2.05) is 66.7 Å². The number of anilines is 1. The summed E-state index contributed by atoms with van der Waals surface area (Å²) in [5.41, 5.74) is 6.13. The third-order valence-corrected chi connectivity index (χ3v) is 18.0. The molecule has 2 fully saturated rings. The number of benzene rings is 6. The minimum Gasteiger partial charge on any atom is -0.507 e. The number of imide groups is 1. The van der Waals surface area contributed by atoms with Gasteiger partial charge in [0.2, 0.25) is 11.8 Å². The molecule has 1 aliphatic carbocycles. The van der Waals surface area contributed by atoms with Gasteiger partial charge in [-0.15, -0.1) is 0 Å². The Bertz CT molecular complexity index is 2540.